The third-order valence-corrected chi connectivity index (χ3v) is 5.71. The van der Waals surface area contributed by atoms with Crippen molar-refractivity contribution in [2.45, 2.75) is 12.7 Å². The molecule has 0 bridgehead atoms. The van der Waals surface area contributed by atoms with Gasteiger partial charge in [-0.25, -0.2) is 9.50 Å². The van der Waals surface area contributed by atoms with E-state index in [9.17, 15) is 18.0 Å². The molecule has 4 heterocycles. The van der Waals surface area contributed by atoms with E-state index < -0.39 is 17.8 Å². The number of alkyl halides is 3. The molecule has 0 aliphatic rings. The number of rotatable bonds is 4. The maximum absolute atomic E-state index is 13.7. The summed E-state index contributed by atoms with van der Waals surface area (Å²) in [6.07, 6.45) is -3.14. The fourth-order valence-electron chi connectivity index (χ4n) is 2.93. The van der Waals surface area contributed by atoms with E-state index in [2.05, 4.69) is 15.2 Å². The summed E-state index contributed by atoms with van der Waals surface area (Å²) in [5.74, 6) is -0.627. The lowest BCUT2D eigenvalue weighted by atomic mass is 10.2. The van der Waals surface area contributed by atoms with Crippen LogP contribution in [-0.4, -0.2) is 42.2 Å². The SMILES string of the molecule is CN(Cc1ccnn1C)C(=O)c1nn2c(C(F)(F)F)cc(-c3cccs3)nc2c1Cl. The maximum atomic E-state index is 13.7. The molecule has 7 nitrogen and oxygen atoms in total. The molecule has 0 aromatic carbocycles. The topological polar surface area (TPSA) is 68.3 Å². The first-order valence-electron chi connectivity index (χ1n) is 8.59. The Morgan fingerprint density at radius 2 is 2.10 bits per heavy atom. The molecule has 0 spiro atoms. The van der Waals surface area contributed by atoms with Gasteiger partial charge in [0.1, 0.15) is 5.02 Å². The van der Waals surface area contributed by atoms with Crippen LogP contribution in [0, 0.1) is 0 Å². The van der Waals surface area contributed by atoms with Crippen molar-refractivity contribution in [3.8, 4) is 10.6 Å². The van der Waals surface area contributed by atoms with Crippen molar-refractivity contribution in [3.05, 3.63) is 57.9 Å². The lowest BCUT2D eigenvalue weighted by molar-refractivity contribution is -0.142. The van der Waals surface area contributed by atoms with E-state index in [1.54, 1.807) is 41.5 Å². The van der Waals surface area contributed by atoms with Gasteiger partial charge in [-0.3, -0.25) is 9.48 Å². The Morgan fingerprint density at radius 3 is 2.70 bits per heavy atom. The van der Waals surface area contributed by atoms with Crippen molar-refractivity contribution in [1.82, 2.24) is 29.3 Å². The maximum Gasteiger partial charge on any atom is 0.433 e. The highest BCUT2D eigenvalue weighted by atomic mass is 35.5. The van der Waals surface area contributed by atoms with Crippen LogP contribution in [-0.2, 0) is 19.8 Å². The van der Waals surface area contributed by atoms with Crippen molar-refractivity contribution in [3.63, 3.8) is 0 Å². The molecule has 0 saturated carbocycles. The molecule has 1 amide bonds. The van der Waals surface area contributed by atoms with E-state index in [-0.39, 0.29) is 28.6 Å². The highest BCUT2D eigenvalue weighted by Gasteiger charge is 2.37. The van der Waals surface area contributed by atoms with E-state index >= 15 is 0 Å². The number of carbonyl (C=O) groups is 1. The van der Waals surface area contributed by atoms with Crippen LogP contribution in [0.4, 0.5) is 13.2 Å². The molecule has 0 fully saturated rings. The Kier molecular flexibility index (Phi) is 5.02. The molecule has 0 aliphatic heterocycles. The average Bonchev–Trinajstić information content (AvgIpc) is 3.42. The standard InChI is InChI=1S/C18H14ClF3N6OS/c1-26(9-10-5-6-23-27(10)2)17(29)15-14(19)16-24-11(12-4-3-7-30-12)8-13(18(20,21)22)28(16)25-15/h3-8H,9H2,1-2H3. The quantitative estimate of drug-likeness (QED) is 0.465. The van der Waals surface area contributed by atoms with Crippen LogP contribution in [0.1, 0.15) is 21.9 Å². The fraction of sp³-hybridized carbons (Fsp3) is 0.222. The number of thiophene rings is 1. The van der Waals surface area contributed by atoms with Crippen molar-refractivity contribution >= 4 is 34.5 Å². The lowest BCUT2D eigenvalue weighted by Crippen LogP contribution is -2.28. The summed E-state index contributed by atoms with van der Waals surface area (Å²) >= 11 is 7.54. The predicted octanol–water partition coefficient (Wildman–Crippen LogP) is 4.14. The van der Waals surface area contributed by atoms with Gasteiger partial charge < -0.3 is 4.90 Å². The Labute approximate surface area is 177 Å². The van der Waals surface area contributed by atoms with E-state index in [0.29, 0.717) is 9.39 Å². The second-order valence-electron chi connectivity index (χ2n) is 6.51. The molecule has 12 heteroatoms. The summed E-state index contributed by atoms with van der Waals surface area (Å²) in [5.41, 5.74) is -0.755. The normalized spacial score (nSPS) is 11.9. The van der Waals surface area contributed by atoms with Crippen LogP contribution >= 0.6 is 22.9 Å². The van der Waals surface area contributed by atoms with E-state index in [4.69, 9.17) is 11.6 Å². The summed E-state index contributed by atoms with van der Waals surface area (Å²) in [6, 6.07) is 5.99. The number of aryl methyl sites for hydroxylation is 1. The van der Waals surface area contributed by atoms with Crippen LogP contribution in [0.25, 0.3) is 16.2 Å². The van der Waals surface area contributed by atoms with Crippen molar-refractivity contribution < 1.29 is 18.0 Å². The van der Waals surface area contributed by atoms with Crippen LogP contribution in [0.3, 0.4) is 0 Å². The molecule has 0 atom stereocenters. The van der Waals surface area contributed by atoms with Gasteiger partial charge in [-0.2, -0.15) is 23.4 Å². The monoisotopic (exact) mass is 454 g/mol. The van der Waals surface area contributed by atoms with Crippen LogP contribution < -0.4 is 0 Å². The molecule has 0 radical (unpaired) electrons. The summed E-state index contributed by atoms with van der Waals surface area (Å²) in [4.78, 5) is 19.0. The first-order valence-corrected chi connectivity index (χ1v) is 9.85. The van der Waals surface area contributed by atoms with E-state index in [0.717, 1.165) is 11.8 Å². The lowest BCUT2D eigenvalue weighted by Gasteiger charge is -2.15. The number of carbonyl (C=O) groups excluding carboxylic acids is 1. The van der Waals surface area contributed by atoms with Gasteiger partial charge in [0, 0.05) is 20.3 Å². The Hall–Kier alpha value is -2.92. The van der Waals surface area contributed by atoms with Gasteiger partial charge in [0.15, 0.2) is 17.0 Å². The molecule has 4 aromatic rings. The molecule has 4 aromatic heterocycles. The van der Waals surface area contributed by atoms with Gasteiger partial charge in [-0.15, -0.1) is 11.3 Å². The number of hydrogen-bond acceptors (Lipinski definition) is 5. The van der Waals surface area contributed by atoms with Gasteiger partial charge >= 0.3 is 6.18 Å². The predicted molar refractivity (Wildman–Crippen MR) is 105 cm³/mol. The third-order valence-electron chi connectivity index (χ3n) is 4.47. The van der Waals surface area contributed by atoms with E-state index in [1.165, 1.54) is 23.3 Å². The molecule has 156 valence electrons. The minimum Gasteiger partial charge on any atom is -0.334 e. The van der Waals surface area contributed by atoms with Gasteiger partial charge in [0.25, 0.3) is 5.91 Å². The van der Waals surface area contributed by atoms with Gasteiger partial charge in [0.2, 0.25) is 0 Å². The smallest absolute Gasteiger partial charge is 0.334 e. The number of fused-ring (bicyclic) bond motifs is 1. The summed E-state index contributed by atoms with van der Waals surface area (Å²) < 4.78 is 43.3. The molecule has 0 unspecified atom stereocenters. The third kappa shape index (κ3) is 3.54. The molecular formula is C18H14ClF3N6OS. The highest BCUT2D eigenvalue weighted by Crippen LogP contribution is 2.35. The molecule has 30 heavy (non-hydrogen) atoms. The van der Waals surface area contributed by atoms with Gasteiger partial charge in [-0.1, -0.05) is 17.7 Å². The zero-order valence-electron chi connectivity index (χ0n) is 15.7. The first kappa shape index (κ1) is 20.4. The summed E-state index contributed by atoms with van der Waals surface area (Å²) in [6.45, 7) is 0.180. The van der Waals surface area contributed by atoms with Crippen molar-refractivity contribution in [1.29, 1.82) is 0 Å². The van der Waals surface area contributed by atoms with Crippen LogP contribution in [0.2, 0.25) is 5.02 Å². The van der Waals surface area contributed by atoms with Crippen molar-refractivity contribution in [2.24, 2.45) is 7.05 Å². The average molecular weight is 455 g/mol. The number of nitrogens with zero attached hydrogens (tertiary/aromatic N) is 6. The zero-order chi connectivity index (χ0) is 21.6. The van der Waals surface area contributed by atoms with E-state index in [1.807, 2.05) is 0 Å². The number of aromatic nitrogens is 5. The molecule has 0 N–H and O–H groups in total. The highest BCUT2D eigenvalue weighted by molar-refractivity contribution is 7.13. The van der Waals surface area contributed by atoms with Gasteiger partial charge in [0.05, 0.1) is 22.8 Å². The zero-order valence-corrected chi connectivity index (χ0v) is 17.3. The number of amides is 1. The first-order chi connectivity index (χ1) is 14.2. The Bertz CT molecular complexity index is 1230. The summed E-state index contributed by atoms with van der Waals surface area (Å²) in [7, 11) is 3.22. The van der Waals surface area contributed by atoms with Crippen LogP contribution in [0.5, 0.6) is 0 Å². The largest absolute Gasteiger partial charge is 0.433 e. The minimum atomic E-state index is -4.72. The molecular weight excluding hydrogens is 441 g/mol. The molecule has 4 rings (SSSR count). The molecule has 0 saturated heterocycles. The fourth-order valence-corrected chi connectivity index (χ4v) is 3.86. The minimum absolute atomic E-state index is 0.105. The number of hydrogen-bond donors (Lipinski definition) is 0. The number of halogens is 4. The van der Waals surface area contributed by atoms with Gasteiger partial charge in [-0.05, 0) is 23.6 Å². The molecule has 0 aliphatic carbocycles. The van der Waals surface area contributed by atoms with Crippen LogP contribution in [0.15, 0.2) is 35.8 Å². The second-order valence-corrected chi connectivity index (χ2v) is 7.83. The Morgan fingerprint density at radius 1 is 1.33 bits per heavy atom. The second kappa shape index (κ2) is 7.40. The Balaban J connectivity index is 1.81. The summed E-state index contributed by atoms with van der Waals surface area (Å²) in [5, 5.41) is 9.39. The van der Waals surface area contributed by atoms with Crippen molar-refractivity contribution in [2.75, 3.05) is 7.05 Å².